The first-order valence-electron chi connectivity index (χ1n) is 7.16. The first kappa shape index (κ1) is 15.8. The lowest BCUT2D eigenvalue weighted by atomic mass is 9.87. The van der Waals surface area contributed by atoms with E-state index < -0.39 is 0 Å². The van der Waals surface area contributed by atoms with Gasteiger partial charge >= 0.3 is 0 Å². The van der Waals surface area contributed by atoms with Crippen molar-refractivity contribution in [3.8, 4) is 0 Å². The zero-order valence-corrected chi connectivity index (χ0v) is 13.6. The molecule has 1 unspecified atom stereocenters. The molecule has 109 valence electrons. The van der Waals surface area contributed by atoms with Gasteiger partial charge in [0.2, 0.25) is 0 Å². The predicted molar refractivity (Wildman–Crippen MR) is 90.9 cm³/mol. The third-order valence-corrected chi connectivity index (χ3v) is 4.32. The lowest BCUT2D eigenvalue weighted by Crippen LogP contribution is -2.11. The van der Waals surface area contributed by atoms with Gasteiger partial charge in [0.15, 0.2) is 0 Å². The van der Waals surface area contributed by atoms with Crippen LogP contribution < -0.4 is 0 Å². The van der Waals surface area contributed by atoms with Crippen molar-refractivity contribution in [2.45, 2.75) is 31.1 Å². The van der Waals surface area contributed by atoms with E-state index in [9.17, 15) is 4.79 Å². The molecule has 0 heterocycles. The highest BCUT2D eigenvalue weighted by Crippen LogP contribution is 2.28. The second-order valence-electron chi connectivity index (χ2n) is 5.17. The van der Waals surface area contributed by atoms with Crippen LogP contribution in [0.4, 0.5) is 0 Å². The van der Waals surface area contributed by atoms with Crippen molar-refractivity contribution in [3.05, 3.63) is 71.6 Å². The summed E-state index contributed by atoms with van der Waals surface area (Å²) >= 11 is 1.71. The molecule has 0 aliphatic heterocycles. The minimum absolute atomic E-state index is 0.169. The van der Waals surface area contributed by atoms with Gasteiger partial charge in [-0.25, -0.2) is 0 Å². The summed E-state index contributed by atoms with van der Waals surface area (Å²) in [5, 5.41) is 0. The molecule has 0 N–H and O–H groups in total. The Kier molecular flexibility index (Phi) is 5.63. The molecule has 0 aromatic heterocycles. The molecule has 1 radical (unpaired) electrons. The summed E-state index contributed by atoms with van der Waals surface area (Å²) in [6, 6.07) is 16.6. The molecule has 2 heteroatoms. The minimum Gasteiger partial charge on any atom is -0.299 e. The van der Waals surface area contributed by atoms with Crippen LogP contribution in [0.5, 0.6) is 0 Å². The largest absolute Gasteiger partial charge is 0.299 e. The standard InChI is InChI=1S/C19H21OS/c1-4-6-15-7-5-8-17(13-15)19(14(2)20)16-9-11-18(21-3)12-10-16/h4-5,7-13,19H,6H2,1-3H3. The number of carbonyl (C=O) groups is 1. The SMILES string of the molecule is C[CH]Cc1cccc(C(C(C)=O)c2ccc(SC)cc2)c1. The first-order chi connectivity index (χ1) is 10.2. The van der Waals surface area contributed by atoms with Crippen LogP contribution in [0, 0.1) is 6.42 Å². The molecule has 2 rings (SSSR count). The minimum atomic E-state index is -0.169. The molecule has 0 fully saturated rings. The molecule has 0 saturated heterocycles. The number of rotatable bonds is 6. The number of Topliss-reactive ketones (excluding diaryl/α,β-unsaturated/α-hetero) is 1. The highest BCUT2D eigenvalue weighted by atomic mass is 32.2. The summed E-state index contributed by atoms with van der Waals surface area (Å²) in [7, 11) is 0. The zero-order chi connectivity index (χ0) is 15.2. The smallest absolute Gasteiger partial charge is 0.141 e. The molecule has 2 aromatic rings. The lowest BCUT2D eigenvalue weighted by molar-refractivity contribution is -0.117. The Morgan fingerprint density at radius 1 is 1.14 bits per heavy atom. The van der Waals surface area contributed by atoms with E-state index in [0.717, 1.165) is 17.5 Å². The molecule has 2 aromatic carbocycles. The van der Waals surface area contributed by atoms with Gasteiger partial charge in [0.05, 0.1) is 5.92 Å². The Morgan fingerprint density at radius 2 is 1.86 bits per heavy atom. The van der Waals surface area contributed by atoms with Gasteiger partial charge in [-0.15, -0.1) is 11.8 Å². The van der Waals surface area contributed by atoms with Gasteiger partial charge in [0, 0.05) is 4.90 Å². The Labute approximate surface area is 131 Å². The van der Waals surface area contributed by atoms with Crippen LogP contribution in [0.2, 0.25) is 0 Å². The molecule has 0 saturated carbocycles. The quantitative estimate of drug-likeness (QED) is 0.706. The summed E-state index contributed by atoms with van der Waals surface area (Å²) in [6.45, 7) is 3.72. The fraction of sp³-hybridized carbons (Fsp3) is 0.263. The number of thioether (sulfide) groups is 1. The normalized spacial score (nSPS) is 12.1. The van der Waals surface area contributed by atoms with Crippen molar-refractivity contribution in [3.63, 3.8) is 0 Å². The Balaban J connectivity index is 2.38. The van der Waals surface area contributed by atoms with Gasteiger partial charge in [-0.3, -0.25) is 4.79 Å². The molecule has 21 heavy (non-hydrogen) atoms. The summed E-state index contributed by atoms with van der Waals surface area (Å²) in [4.78, 5) is 13.4. The van der Waals surface area contributed by atoms with E-state index in [2.05, 4.69) is 56.0 Å². The van der Waals surface area contributed by atoms with E-state index in [1.165, 1.54) is 10.5 Å². The van der Waals surface area contributed by atoms with Gasteiger partial charge in [0.1, 0.15) is 5.78 Å². The second-order valence-corrected chi connectivity index (χ2v) is 6.05. The Morgan fingerprint density at radius 3 is 2.43 bits per heavy atom. The number of hydrogen-bond donors (Lipinski definition) is 0. The summed E-state index contributed by atoms with van der Waals surface area (Å²) < 4.78 is 0. The van der Waals surface area contributed by atoms with Crippen LogP contribution in [0.1, 0.15) is 36.5 Å². The molecule has 1 atom stereocenters. The van der Waals surface area contributed by atoms with E-state index in [0.29, 0.717) is 0 Å². The molecule has 1 nitrogen and oxygen atoms in total. The van der Waals surface area contributed by atoms with E-state index in [-0.39, 0.29) is 11.7 Å². The van der Waals surface area contributed by atoms with Crippen molar-refractivity contribution in [2.24, 2.45) is 0 Å². The van der Waals surface area contributed by atoms with Gasteiger partial charge in [-0.05, 0) is 54.8 Å². The van der Waals surface area contributed by atoms with E-state index in [1.807, 2.05) is 12.1 Å². The van der Waals surface area contributed by atoms with Crippen molar-refractivity contribution >= 4 is 17.5 Å². The molecule has 0 bridgehead atoms. The average molecular weight is 297 g/mol. The fourth-order valence-corrected chi connectivity index (χ4v) is 3.00. The van der Waals surface area contributed by atoms with Crippen molar-refractivity contribution in [1.29, 1.82) is 0 Å². The van der Waals surface area contributed by atoms with Crippen LogP contribution in [0.3, 0.4) is 0 Å². The fourth-order valence-electron chi connectivity index (χ4n) is 2.59. The zero-order valence-electron chi connectivity index (χ0n) is 12.8. The summed E-state index contributed by atoms with van der Waals surface area (Å²) in [6.07, 6.45) is 5.13. The maximum atomic E-state index is 12.2. The monoisotopic (exact) mass is 297 g/mol. The molecular formula is C19H21OS. The lowest BCUT2D eigenvalue weighted by Gasteiger charge is -2.16. The first-order valence-corrected chi connectivity index (χ1v) is 8.39. The Bertz CT molecular complexity index is 601. The number of carbonyl (C=O) groups excluding carboxylic acids is 1. The van der Waals surface area contributed by atoms with E-state index >= 15 is 0 Å². The van der Waals surface area contributed by atoms with Crippen LogP contribution in [-0.4, -0.2) is 12.0 Å². The topological polar surface area (TPSA) is 17.1 Å². The van der Waals surface area contributed by atoms with Gasteiger partial charge in [-0.1, -0.05) is 43.3 Å². The number of ketones is 1. The maximum absolute atomic E-state index is 12.2. The highest BCUT2D eigenvalue weighted by molar-refractivity contribution is 7.98. The predicted octanol–water partition coefficient (Wildman–Crippen LogP) is 4.90. The van der Waals surface area contributed by atoms with Crippen LogP contribution >= 0.6 is 11.8 Å². The van der Waals surface area contributed by atoms with Gasteiger partial charge < -0.3 is 0 Å². The van der Waals surface area contributed by atoms with E-state index in [1.54, 1.807) is 18.7 Å². The van der Waals surface area contributed by atoms with Crippen molar-refractivity contribution in [2.75, 3.05) is 6.26 Å². The maximum Gasteiger partial charge on any atom is 0.141 e. The van der Waals surface area contributed by atoms with E-state index in [4.69, 9.17) is 0 Å². The third-order valence-electron chi connectivity index (χ3n) is 3.58. The third kappa shape index (κ3) is 3.98. The van der Waals surface area contributed by atoms with Gasteiger partial charge in [-0.2, -0.15) is 0 Å². The van der Waals surface area contributed by atoms with Crippen LogP contribution in [0.15, 0.2) is 53.4 Å². The molecular weight excluding hydrogens is 276 g/mol. The Hall–Kier alpha value is -1.54. The summed E-state index contributed by atoms with van der Waals surface area (Å²) in [5.41, 5.74) is 3.40. The molecule has 0 aliphatic carbocycles. The van der Waals surface area contributed by atoms with Crippen LogP contribution in [0.25, 0.3) is 0 Å². The van der Waals surface area contributed by atoms with Crippen molar-refractivity contribution < 1.29 is 4.79 Å². The molecule has 0 amide bonds. The highest BCUT2D eigenvalue weighted by Gasteiger charge is 2.19. The average Bonchev–Trinajstić information content (AvgIpc) is 2.48. The van der Waals surface area contributed by atoms with Gasteiger partial charge in [0.25, 0.3) is 0 Å². The van der Waals surface area contributed by atoms with Crippen LogP contribution in [-0.2, 0) is 11.2 Å². The molecule has 0 aliphatic rings. The summed E-state index contributed by atoms with van der Waals surface area (Å²) in [5.74, 6) is 0.0160. The second kappa shape index (κ2) is 7.46. The number of hydrogen-bond acceptors (Lipinski definition) is 2. The molecule has 0 spiro atoms. The van der Waals surface area contributed by atoms with Crippen molar-refractivity contribution in [1.82, 2.24) is 0 Å². The number of benzene rings is 2.